The Morgan fingerprint density at radius 2 is 2.33 bits per heavy atom. The van der Waals surface area contributed by atoms with Crippen LogP contribution in [0.2, 0.25) is 0 Å². The molecule has 1 rings (SSSR count). The number of aliphatic carboxylic acids is 1. The van der Waals surface area contributed by atoms with Crippen LogP contribution in [0, 0.1) is 0 Å². The highest BCUT2D eigenvalue weighted by molar-refractivity contribution is 5.93. The highest BCUT2D eigenvalue weighted by Crippen LogP contribution is 2.02. The van der Waals surface area contributed by atoms with E-state index in [0.717, 1.165) is 0 Å². The maximum atomic E-state index is 11.4. The summed E-state index contributed by atoms with van der Waals surface area (Å²) < 4.78 is 4.76. The molecule has 0 bridgehead atoms. The standard InChI is InChI=1S/C10H13NO4/c1-7(2-3-9(12)13)11-10(14)8-4-5-15-6-8/h4-7H,2-3H2,1H3,(H,11,14)(H,12,13). The molecule has 15 heavy (non-hydrogen) atoms. The second-order valence-corrected chi connectivity index (χ2v) is 3.32. The van der Waals surface area contributed by atoms with Crippen LogP contribution in [0.25, 0.3) is 0 Å². The van der Waals surface area contributed by atoms with E-state index >= 15 is 0 Å². The Labute approximate surface area is 87.1 Å². The molecule has 1 aromatic rings. The first-order valence-corrected chi connectivity index (χ1v) is 4.64. The van der Waals surface area contributed by atoms with Gasteiger partial charge in [0.25, 0.3) is 5.91 Å². The van der Waals surface area contributed by atoms with E-state index in [1.165, 1.54) is 12.5 Å². The predicted octanol–water partition coefficient (Wildman–Crippen LogP) is 1.26. The average molecular weight is 211 g/mol. The van der Waals surface area contributed by atoms with Gasteiger partial charge in [0, 0.05) is 12.5 Å². The molecule has 0 fully saturated rings. The molecular weight excluding hydrogens is 198 g/mol. The lowest BCUT2D eigenvalue weighted by atomic mass is 10.1. The summed E-state index contributed by atoms with van der Waals surface area (Å²) in [7, 11) is 0. The van der Waals surface area contributed by atoms with E-state index in [2.05, 4.69) is 5.32 Å². The fourth-order valence-electron chi connectivity index (χ4n) is 1.11. The molecule has 0 saturated carbocycles. The van der Waals surface area contributed by atoms with Gasteiger partial charge in [0.15, 0.2) is 0 Å². The van der Waals surface area contributed by atoms with Crippen LogP contribution in [0.1, 0.15) is 30.1 Å². The monoisotopic (exact) mass is 211 g/mol. The maximum Gasteiger partial charge on any atom is 0.303 e. The zero-order valence-electron chi connectivity index (χ0n) is 8.40. The number of furan rings is 1. The van der Waals surface area contributed by atoms with E-state index in [0.29, 0.717) is 12.0 Å². The van der Waals surface area contributed by atoms with Gasteiger partial charge >= 0.3 is 5.97 Å². The first kappa shape index (κ1) is 11.3. The number of carbonyl (C=O) groups is 2. The third-order valence-corrected chi connectivity index (χ3v) is 1.95. The molecule has 0 spiro atoms. The molecule has 82 valence electrons. The van der Waals surface area contributed by atoms with E-state index < -0.39 is 5.97 Å². The van der Waals surface area contributed by atoms with Crippen molar-refractivity contribution >= 4 is 11.9 Å². The number of carboxylic acids is 1. The topological polar surface area (TPSA) is 79.5 Å². The Bertz CT molecular complexity index is 331. The van der Waals surface area contributed by atoms with Gasteiger partial charge in [-0.3, -0.25) is 9.59 Å². The van der Waals surface area contributed by atoms with Crippen LogP contribution in [0.4, 0.5) is 0 Å². The van der Waals surface area contributed by atoms with E-state index in [1.807, 2.05) is 0 Å². The zero-order chi connectivity index (χ0) is 11.3. The van der Waals surface area contributed by atoms with E-state index in [-0.39, 0.29) is 18.4 Å². The number of carbonyl (C=O) groups excluding carboxylic acids is 1. The normalized spacial score (nSPS) is 12.1. The van der Waals surface area contributed by atoms with Crippen molar-refractivity contribution in [1.82, 2.24) is 5.32 Å². The Balaban J connectivity index is 2.35. The first-order valence-electron chi connectivity index (χ1n) is 4.64. The van der Waals surface area contributed by atoms with Crippen LogP contribution in [0.5, 0.6) is 0 Å². The molecule has 0 aliphatic carbocycles. The summed E-state index contributed by atoms with van der Waals surface area (Å²) in [5.41, 5.74) is 0.442. The summed E-state index contributed by atoms with van der Waals surface area (Å²) in [6, 6.07) is 1.39. The fraction of sp³-hybridized carbons (Fsp3) is 0.400. The van der Waals surface area contributed by atoms with Crippen LogP contribution in [0.15, 0.2) is 23.0 Å². The third kappa shape index (κ3) is 3.84. The number of hydrogen-bond donors (Lipinski definition) is 2. The second-order valence-electron chi connectivity index (χ2n) is 3.32. The lowest BCUT2D eigenvalue weighted by Gasteiger charge is -2.11. The van der Waals surface area contributed by atoms with Crippen LogP contribution in [-0.4, -0.2) is 23.0 Å². The molecule has 0 aliphatic rings. The summed E-state index contributed by atoms with van der Waals surface area (Å²) in [5, 5.41) is 11.1. The molecule has 5 heteroatoms. The minimum absolute atomic E-state index is 0.0484. The van der Waals surface area contributed by atoms with Gasteiger partial charge in [-0.1, -0.05) is 0 Å². The van der Waals surface area contributed by atoms with Crippen molar-refractivity contribution in [2.75, 3.05) is 0 Å². The van der Waals surface area contributed by atoms with Crippen LogP contribution < -0.4 is 5.32 Å². The number of rotatable bonds is 5. The number of amides is 1. The molecule has 1 amide bonds. The van der Waals surface area contributed by atoms with Gasteiger partial charge in [-0.05, 0) is 19.4 Å². The Hall–Kier alpha value is -1.78. The molecule has 1 atom stereocenters. The van der Waals surface area contributed by atoms with Crippen LogP contribution >= 0.6 is 0 Å². The van der Waals surface area contributed by atoms with Gasteiger partial charge in [-0.2, -0.15) is 0 Å². The maximum absolute atomic E-state index is 11.4. The van der Waals surface area contributed by atoms with Crippen molar-refractivity contribution in [2.24, 2.45) is 0 Å². The summed E-state index contributed by atoms with van der Waals surface area (Å²) in [6.45, 7) is 1.76. The van der Waals surface area contributed by atoms with E-state index in [4.69, 9.17) is 9.52 Å². The molecule has 0 radical (unpaired) electrons. The van der Waals surface area contributed by atoms with Crippen molar-refractivity contribution in [3.05, 3.63) is 24.2 Å². The summed E-state index contributed by atoms with van der Waals surface area (Å²) >= 11 is 0. The molecule has 0 aliphatic heterocycles. The first-order chi connectivity index (χ1) is 7.09. The molecular formula is C10H13NO4. The largest absolute Gasteiger partial charge is 0.481 e. The minimum atomic E-state index is -0.862. The molecule has 5 nitrogen and oxygen atoms in total. The van der Waals surface area contributed by atoms with Crippen LogP contribution in [-0.2, 0) is 4.79 Å². The van der Waals surface area contributed by atoms with Crippen molar-refractivity contribution in [3.8, 4) is 0 Å². The van der Waals surface area contributed by atoms with E-state index in [9.17, 15) is 9.59 Å². The summed E-state index contributed by atoms with van der Waals surface area (Å²) in [5.74, 6) is -1.11. The smallest absolute Gasteiger partial charge is 0.303 e. The minimum Gasteiger partial charge on any atom is -0.481 e. The number of nitrogens with one attached hydrogen (secondary N) is 1. The molecule has 0 saturated heterocycles. The molecule has 2 N–H and O–H groups in total. The van der Waals surface area contributed by atoms with Crippen LogP contribution in [0.3, 0.4) is 0 Å². The Kier molecular flexibility index (Phi) is 3.91. The Morgan fingerprint density at radius 1 is 1.60 bits per heavy atom. The summed E-state index contributed by atoms with van der Waals surface area (Å²) in [4.78, 5) is 21.7. The molecule has 1 aromatic heterocycles. The lowest BCUT2D eigenvalue weighted by molar-refractivity contribution is -0.137. The van der Waals surface area contributed by atoms with Gasteiger partial charge in [0.05, 0.1) is 11.8 Å². The molecule has 1 heterocycles. The molecule has 1 unspecified atom stereocenters. The van der Waals surface area contributed by atoms with Crippen molar-refractivity contribution in [2.45, 2.75) is 25.8 Å². The molecule has 0 aromatic carbocycles. The van der Waals surface area contributed by atoms with Crippen molar-refractivity contribution in [3.63, 3.8) is 0 Å². The quantitative estimate of drug-likeness (QED) is 0.768. The van der Waals surface area contributed by atoms with Gasteiger partial charge in [-0.25, -0.2) is 0 Å². The highest BCUT2D eigenvalue weighted by Gasteiger charge is 2.11. The summed E-state index contributed by atoms with van der Waals surface area (Å²) in [6.07, 6.45) is 3.22. The number of hydrogen-bond acceptors (Lipinski definition) is 3. The average Bonchev–Trinajstić information content (AvgIpc) is 2.67. The number of carboxylic acid groups (broad SMARTS) is 1. The third-order valence-electron chi connectivity index (χ3n) is 1.95. The van der Waals surface area contributed by atoms with Gasteiger partial charge < -0.3 is 14.8 Å². The Morgan fingerprint density at radius 3 is 2.87 bits per heavy atom. The fourth-order valence-corrected chi connectivity index (χ4v) is 1.11. The lowest BCUT2D eigenvalue weighted by Crippen LogP contribution is -2.32. The SMILES string of the molecule is CC(CCC(=O)O)NC(=O)c1ccoc1. The predicted molar refractivity (Wildman–Crippen MR) is 52.5 cm³/mol. The van der Waals surface area contributed by atoms with E-state index in [1.54, 1.807) is 13.0 Å². The van der Waals surface area contributed by atoms with Crippen molar-refractivity contribution in [1.29, 1.82) is 0 Å². The highest BCUT2D eigenvalue weighted by atomic mass is 16.4. The van der Waals surface area contributed by atoms with Crippen molar-refractivity contribution < 1.29 is 19.1 Å². The van der Waals surface area contributed by atoms with Gasteiger partial charge in [0.1, 0.15) is 6.26 Å². The van der Waals surface area contributed by atoms with Gasteiger partial charge in [-0.15, -0.1) is 0 Å². The zero-order valence-corrected chi connectivity index (χ0v) is 8.40. The van der Waals surface area contributed by atoms with Gasteiger partial charge in [0.2, 0.25) is 0 Å². The second kappa shape index (κ2) is 5.19.